The van der Waals surface area contributed by atoms with Crippen LogP contribution in [0.5, 0.6) is 0 Å². The number of rotatable bonds is 0. The van der Waals surface area contributed by atoms with Gasteiger partial charge in [0.05, 0.1) is 12.4 Å². The molecule has 0 aromatic carbocycles. The molecule has 0 unspecified atom stereocenters. The van der Waals surface area contributed by atoms with Gasteiger partial charge in [-0.2, -0.15) is 0 Å². The summed E-state index contributed by atoms with van der Waals surface area (Å²) in [6.45, 7) is 3.09. The van der Waals surface area contributed by atoms with Crippen molar-refractivity contribution in [3.63, 3.8) is 0 Å². The van der Waals surface area contributed by atoms with Crippen molar-refractivity contribution < 1.29 is 9.50 Å². The fraction of sp³-hybridized carbons (Fsp3) is 0.333. The lowest BCUT2D eigenvalue weighted by molar-refractivity contribution is 0.143. The van der Waals surface area contributed by atoms with E-state index in [1.807, 2.05) is 0 Å². The molecule has 0 saturated heterocycles. The summed E-state index contributed by atoms with van der Waals surface area (Å²) < 4.78 is 12.3. The second-order valence-corrected chi connectivity index (χ2v) is 3.03. The lowest BCUT2D eigenvalue weighted by Crippen LogP contribution is -2.14. The normalized spacial score (nSPS) is 10.5. The Balaban J connectivity index is 2.85. The van der Waals surface area contributed by atoms with Crippen molar-refractivity contribution in [3.8, 4) is 11.8 Å². The zero-order chi connectivity index (χ0) is 9.90. The molecule has 0 fully saturated rings. The van der Waals surface area contributed by atoms with Crippen LogP contribution in [0, 0.1) is 17.7 Å². The van der Waals surface area contributed by atoms with E-state index < -0.39 is 11.4 Å². The number of halogens is 1. The maximum atomic E-state index is 12.3. The molecule has 0 aliphatic carbocycles. The maximum Gasteiger partial charge on any atom is 0.205 e. The van der Waals surface area contributed by atoms with Crippen LogP contribution in [0.15, 0.2) is 12.4 Å². The van der Waals surface area contributed by atoms with Gasteiger partial charge in [0.2, 0.25) is 5.82 Å². The predicted molar refractivity (Wildman–Crippen MR) is 45.2 cm³/mol. The summed E-state index contributed by atoms with van der Waals surface area (Å²) in [7, 11) is 0. The number of nitrogens with zero attached hydrogens (tertiary/aromatic N) is 2. The van der Waals surface area contributed by atoms with Crippen LogP contribution in [0.25, 0.3) is 0 Å². The quantitative estimate of drug-likeness (QED) is 0.599. The zero-order valence-electron chi connectivity index (χ0n) is 7.37. The van der Waals surface area contributed by atoms with Crippen LogP contribution >= 0.6 is 0 Å². The highest BCUT2D eigenvalue weighted by Gasteiger charge is 2.05. The Morgan fingerprint density at radius 1 is 1.38 bits per heavy atom. The van der Waals surface area contributed by atoms with Gasteiger partial charge in [-0.25, -0.2) is 14.4 Å². The van der Waals surface area contributed by atoms with Crippen molar-refractivity contribution in [2.75, 3.05) is 0 Å². The zero-order valence-corrected chi connectivity index (χ0v) is 7.37. The molecule has 13 heavy (non-hydrogen) atoms. The predicted octanol–water partition coefficient (Wildman–Crippen LogP) is 0.738. The van der Waals surface area contributed by atoms with Gasteiger partial charge in [0.25, 0.3) is 0 Å². The third-order valence-corrected chi connectivity index (χ3v) is 1.10. The van der Waals surface area contributed by atoms with Crippen molar-refractivity contribution >= 4 is 0 Å². The molecule has 0 saturated carbocycles. The second kappa shape index (κ2) is 3.50. The first-order chi connectivity index (χ1) is 5.97. The van der Waals surface area contributed by atoms with E-state index in [0.29, 0.717) is 0 Å². The third-order valence-electron chi connectivity index (χ3n) is 1.10. The van der Waals surface area contributed by atoms with E-state index in [1.165, 1.54) is 0 Å². The minimum absolute atomic E-state index is 0.198. The Hall–Kier alpha value is -1.47. The highest BCUT2D eigenvalue weighted by molar-refractivity contribution is 5.23. The molecule has 1 rings (SSSR count). The summed E-state index contributed by atoms with van der Waals surface area (Å²) >= 11 is 0. The van der Waals surface area contributed by atoms with E-state index in [1.54, 1.807) is 13.8 Å². The molecule has 1 N–H and O–H groups in total. The van der Waals surface area contributed by atoms with E-state index in [-0.39, 0.29) is 5.82 Å². The molecule has 0 radical (unpaired) electrons. The van der Waals surface area contributed by atoms with Crippen LogP contribution in [0.1, 0.15) is 19.7 Å². The molecular weight excluding hydrogens is 171 g/mol. The molecule has 4 heteroatoms. The van der Waals surface area contributed by atoms with Gasteiger partial charge in [0.15, 0.2) is 5.82 Å². The average molecular weight is 180 g/mol. The smallest absolute Gasteiger partial charge is 0.205 e. The highest BCUT2D eigenvalue weighted by Crippen LogP contribution is 1.97. The van der Waals surface area contributed by atoms with Gasteiger partial charge in [-0.3, -0.25) is 0 Å². The van der Waals surface area contributed by atoms with Gasteiger partial charge >= 0.3 is 0 Å². The summed E-state index contributed by atoms with van der Waals surface area (Å²) in [4.78, 5) is 7.22. The van der Waals surface area contributed by atoms with Gasteiger partial charge in [-0.1, -0.05) is 5.92 Å². The number of aliphatic hydroxyl groups is 1. The van der Waals surface area contributed by atoms with Crippen molar-refractivity contribution in [2.45, 2.75) is 19.4 Å². The Bertz CT molecular complexity index is 343. The molecule has 1 heterocycles. The SMILES string of the molecule is CC(C)(O)C#Cc1ncc(F)cn1. The summed E-state index contributed by atoms with van der Waals surface area (Å²) in [5.41, 5.74) is -1.09. The van der Waals surface area contributed by atoms with Crippen molar-refractivity contribution in [1.29, 1.82) is 0 Å². The molecule has 68 valence electrons. The van der Waals surface area contributed by atoms with Crippen molar-refractivity contribution in [2.24, 2.45) is 0 Å². The lowest BCUT2D eigenvalue weighted by atomic mass is 10.1. The fourth-order valence-electron chi connectivity index (χ4n) is 0.586. The highest BCUT2D eigenvalue weighted by atomic mass is 19.1. The maximum absolute atomic E-state index is 12.3. The fourth-order valence-corrected chi connectivity index (χ4v) is 0.586. The van der Waals surface area contributed by atoms with Crippen molar-refractivity contribution in [1.82, 2.24) is 9.97 Å². The molecule has 0 bridgehead atoms. The van der Waals surface area contributed by atoms with Crippen LogP contribution in [0.2, 0.25) is 0 Å². The van der Waals surface area contributed by atoms with Gasteiger partial charge in [0.1, 0.15) is 5.60 Å². The van der Waals surface area contributed by atoms with E-state index in [0.717, 1.165) is 12.4 Å². The Morgan fingerprint density at radius 2 is 1.92 bits per heavy atom. The lowest BCUT2D eigenvalue weighted by Gasteiger charge is -2.05. The first kappa shape index (κ1) is 9.62. The van der Waals surface area contributed by atoms with E-state index in [4.69, 9.17) is 0 Å². The monoisotopic (exact) mass is 180 g/mol. The Kier molecular flexibility index (Phi) is 2.59. The van der Waals surface area contributed by atoms with E-state index >= 15 is 0 Å². The number of aromatic nitrogens is 2. The third kappa shape index (κ3) is 3.63. The number of hydrogen-bond acceptors (Lipinski definition) is 3. The molecule has 0 amide bonds. The minimum Gasteiger partial charge on any atom is -0.378 e. The standard InChI is InChI=1S/C9H9FN2O/c1-9(2,13)4-3-8-11-5-7(10)6-12-8/h5-6,13H,1-2H3. The summed E-state index contributed by atoms with van der Waals surface area (Å²) in [5, 5.41) is 9.23. The van der Waals surface area contributed by atoms with Crippen LogP contribution < -0.4 is 0 Å². The van der Waals surface area contributed by atoms with Crippen LogP contribution in [0.4, 0.5) is 4.39 Å². The van der Waals surface area contributed by atoms with Crippen LogP contribution in [0.3, 0.4) is 0 Å². The van der Waals surface area contributed by atoms with Crippen LogP contribution in [-0.4, -0.2) is 20.7 Å². The molecule has 0 atom stereocenters. The molecular formula is C9H9FN2O. The minimum atomic E-state index is -1.09. The molecule has 3 nitrogen and oxygen atoms in total. The topological polar surface area (TPSA) is 46.0 Å². The van der Waals surface area contributed by atoms with Gasteiger partial charge in [-0.05, 0) is 19.8 Å². The van der Waals surface area contributed by atoms with E-state index in [9.17, 15) is 9.50 Å². The Morgan fingerprint density at radius 3 is 2.38 bits per heavy atom. The molecule has 1 aromatic rings. The van der Waals surface area contributed by atoms with E-state index in [2.05, 4.69) is 21.8 Å². The molecule has 0 aliphatic heterocycles. The first-order valence-electron chi connectivity index (χ1n) is 3.70. The average Bonchev–Trinajstić information content (AvgIpc) is 2.02. The van der Waals surface area contributed by atoms with Crippen molar-refractivity contribution in [3.05, 3.63) is 24.0 Å². The Labute approximate surface area is 75.7 Å². The number of hydrogen-bond donors (Lipinski definition) is 1. The largest absolute Gasteiger partial charge is 0.378 e. The van der Waals surface area contributed by atoms with Gasteiger partial charge in [0, 0.05) is 0 Å². The van der Waals surface area contributed by atoms with Gasteiger partial charge in [-0.15, -0.1) is 0 Å². The second-order valence-electron chi connectivity index (χ2n) is 3.03. The molecule has 0 spiro atoms. The van der Waals surface area contributed by atoms with Crippen LogP contribution in [-0.2, 0) is 0 Å². The first-order valence-corrected chi connectivity index (χ1v) is 3.70. The molecule has 1 aromatic heterocycles. The summed E-state index contributed by atoms with van der Waals surface area (Å²) in [5.74, 6) is 4.73. The molecule has 0 aliphatic rings. The summed E-state index contributed by atoms with van der Waals surface area (Å²) in [6, 6.07) is 0. The van der Waals surface area contributed by atoms with Gasteiger partial charge < -0.3 is 5.11 Å². The summed E-state index contributed by atoms with van der Waals surface area (Å²) in [6.07, 6.45) is 2.06.